The maximum atomic E-state index is 12.2. The van der Waals surface area contributed by atoms with Gasteiger partial charge in [-0.25, -0.2) is 0 Å². The van der Waals surface area contributed by atoms with E-state index in [4.69, 9.17) is 16.3 Å². The molecule has 3 rings (SSSR count). The normalized spacial score (nSPS) is 14.9. The first kappa shape index (κ1) is 18.6. The molecule has 1 saturated heterocycles. The standard InChI is InChI=1S/C18H19ClN2O2.ClH/c1-12(13-10-20-11-13)18(22)21-15-5-7-16(8-6-15)23-17-4-2-3-14(19)9-17;/h2-9,12-13,20H,10-11H2,1H3,(H,21,22);1H. The predicted molar refractivity (Wildman–Crippen MR) is 99.4 cm³/mol. The minimum Gasteiger partial charge on any atom is -0.457 e. The Morgan fingerprint density at radius 3 is 2.50 bits per heavy atom. The van der Waals surface area contributed by atoms with Gasteiger partial charge in [0.05, 0.1) is 0 Å². The highest BCUT2D eigenvalue weighted by Gasteiger charge is 2.28. The van der Waals surface area contributed by atoms with Crippen molar-refractivity contribution >= 4 is 35.6 Å². The molecule has 1 amide bonds. The predicted octanol–water partition coefficient (Wildman–Crippen LogP) is 4.35. The molecule has 1 fully saturated rings. The van der Waals surface area contributed by atoms with Crippen LogP contribution in [0, 0.1) is 11.8 Å². The van der Waals surface area contributed by atoms with Gasteiger partial charge in [0.15, 0.2) is 0 Å². The maximum Gasteiger partial charge on any atom is 0.227 e. The summed E-state index contributed by atoms with van der Waals surface area (Å²) >= 11 is 5.93. The zero-order valence-corrected chi connectivity index (χ0v) is 14.9. The molecule has 128 valence electrons. The van der Waals surface area contributed by atoms with E-state index in [1.165, 1.54) is 0 Å². The SMILES string of the molecule is CC(C(=O)Nc1ccc(Oc2cccc(Cl)c2)cc1)C1CNC1.Cl. The van der Waals surface area contributed by atoms with Crippen molar-refractivity contribution in [2.75, 3.05) is 18.4 Å². The van der Waals surface area contributed by atoms with Gasteiger partial charge in [-0.15, -0.1) is 12.4 Å². The molecule has 1 aliphatic rings. The fourth-order valence-corrected chi connectivity index (χ4v) is 2.59. The van der Waals surface area contributed by atoms with Crippen molar-refractivity contribution in [1.29, 1.82) is 0 Å². The fourth-order valence-electron chi connectivity index (χ4n) is 2.41. The quantitative estimate of drug-likeness (QED) is 0.826. The molecule has 2 aromatic carbocycles. The van der Waals surface area contributed by atoms with E-state index < -0.39 is 0 Å². The van der Waals surface area contributed by atoms with Crippen LogP contribution in [0.5, 0.6) is 11.5 Å². The van der Waals surface area contributed by atoms with E-state index in [1.54, 1.807) is 12.1 Å². The zero-order valence-electron chi connectivity index (χ0n) is 13.3. The van der Waals surface area contributed by atoms with Crippen LogP contribution in [-0.2, 0) is 4.79 Å². The molecule has 0 radical (unpaired) electrons. The van der Waals surface area contributed by atoms with Crippen molar-refractivity contribution in [2.45, 2.75) is 6.92 Å². The van der Waals surface area contributed by atoms with Gasteiger partial charge >= 0.3 is 0 Å². The van der Waals surface area contributed by atoms with E-state index in [0.29, 0.717) is 22.4 Å². The summed E-state index contributed by atoms with van der Waals surface area (Å²) < 4.78 is 5.73. The van der Waals surface area contributed by atoms with E-state index in [9.17, 15) is 4.79 Å². The van der Waals surface area contributed by atoms with Crippen molar-refractivity contribution in [3.05, 3.63) is 53.6 Å². The molecule has 6 heteroatoms. The number of nitrogens with one attached hydrogen (secondary N) is 2. The van der Waals surface area contributed by atoms with E-state index in [0.717, 1.165) is 18.8 Å². The van der Waals surface area contributed by atoms with Crippen LogP contribution in [0.4, 0.5) is 5.69 Å². The molecule has 0 saturated carbocycles. The molecule has 1 atom stereocenters. The van der Waals surface area contributed by atoms with Crippen molar-refractivity contribution in [2.24, 2.45) is 11.8 Å². The first-order valence-electron chi connectivity index (χ1n) is 7.67. The molecular formula is C18H20Cl2N2O2. The largest absolute Gasteiger partial charge is 0.457 e. The van der Waals surface area contributed by atoms with Crippen molar-refractivity contribution in [3.8, 4) is 11.5 Å². The Bertz CT molecular complexity index is 688. The van der Waals surface area contributed by atoms with Gasteiger partial charge in [-0.05, 0) is 61.5 Å². The highest BCUT2D eigenvalue weighted by Crippen LogP contribution is 2.25. The number of carbonyl (C=O) groups is 1. The summed E-state index contributed by atoms with van der Waals surface area (Å²) in [5, 5.41) is 6.77. The lowest BCUT2D eigenvalue weighted by Crippen LogP contribution is -2.48. The molecule has 2 aromatic rings. The Balaban J connectivity index is 0.00000208. The summed E-state index contributed by atoms with van der Waals surface area (Å²) in [6, 6.07) is 14.6. The van der Waals surface area contributed by atoms with Crippen molar-refractivity contribution < 1.29 is 9.53 Å². The van der Waals surface area contributed by atoms with Crippen molar-refractivity contribution in [3.63, 3.8) is 0 Å². The Morgan fingerprint density at radius 2 is 1.92 bits per heavy atom. The second kappa shape index (κ2) is 8.38. The van der Waals surface area contributed by atoms with Gasteiger partial charge in [-0.2, -0.15) is 0 Å². The number of carbonyl (C=O) groups excluding carboxylic acids is 1. The van der Waals surface area contributed by atoms with E-state index >= 15 is 0 Å². The summed E-state index contributed by atoms with van der Waals surface area (Å²) in [6.45, 7) is 3.81. The Hall–Kier alpha value is -1.75. The van der Waals surface area contributed by atoms with Crippen LogP contribution in [0.25, 0.3) is 0 Å². The average Bonchev–Trinajstić information content (AvgIpc) is 2.47. The second-order valence-corrected chi connectivity index (χ2v) is 6.22. The molecule has 4 nitrogen and oxygen atoms in total. The third-order valence-electron chi connectivity index (χ3n) is 4.09. The average molecular weight is 367 g/mol. The van der Waals surface area contributed by atoms with Gasteiger partial charge in [0.25, 0.3) is 0 Å². The van der Waals surface area contributed by atoms with Crippen LogP contribution < -0.4 is 15.4 Å². The van der Waals surface area contributed by atoms with E-state index in [1.807, 2.05) is 43.3 Å². The van der Waals surface area contributed by atoms with Gasteiger partial charge in [-0.1, -0.05) is 24.6 Å². The third kappa shape index (κ3) is 4.63. The number of hydrogen-bond donors (Lipinski definition) is 2. The zero-order chi connectivity index (χ0) is 16.2. The number of halogens is 2. The molecule has 1 aliphatic heterocycles. The van der Waals surface area contributed by atoms with Gasteiger partial charge in [0, 0.05) is 16.6 Å². The highest BCUT2D eigenvalue weighted by atomic mass is 35.5. The number of hydrogen-bond acceptors (Lipinski definition) is 3. The van der Waals surface area contributed by atoms with Gasteiger partial charge in [-0.3, -0.25) is 4.79 Å². The summed E-state index contributed by atoms with van der Waals surface area (Å²) in [5.74, 6) is 1.88. The maximum absolute atomic E-state index is 12.2. The van der Waals surface area contributed by atoms with E-state index in [2.05, 4.69) is 10.6 Å². The molecule has 0 spiro atoms. The van der Waals surface area contributed by atoms with Gasteiger partial charge in [0.2, 0.25) is 5.91 Å². The van der Waals surface area contributed by atoms with Crippen LogP contribution in [0.15, 0.2) is 48.5 Å². The van der Waals surface area contributed by atoms with Crippen LogP contribution in [-0.4, -0.2) is 19.0 Å². The molecule has 0 aliphatic carbocycles. The lowest BCUT2D eigenvalue weighted by Gasteiger charge is -2.31. The molecular weight excluding hydrogens is 347 g/mol. The van der Waals surface area contributed by atoms with E-state index in [-0.39, 0.29) is 24.2 Å². The number of anilines is 1. The van der Waals surface area contributed by atoms with Gasteiger partial charge in [0.1, 0.15) is 11.5 Å². The summed E-state index contributed by atoms with van der Waals surface area (Å²) in [5.41, 5.74) is 0.771. The van der Waals surface area contributed by atoms with Crippen LogP contribution >= 0.6 is 24.0 Å². The topological polar surface area (TPSA) is 50.4 Å². The molecule has 0 bridgehead atoms. The summed E-state index contributed by atoms with van der Waals surface area (Å²) in [7, 11) is 0. The lowest BCUT2D eigenvalue weighted by molar-refractivity contribution is -0.121. The third-order valence-corrected chi connectivity index (χ3v) is 4.32. The molecule has 2 N–H and O–H groups in total. The van der Waals surface area contributed by atoms with Crippen LogP contribution in [0.1, 0.15) is 6.92 Å². The summed E-state index contributed by atoms with van der Waals surface area (Å²) in [4.78, 5) is 12.2. The highest BCUT2D eigenvalue weighted by molar-refractivity contribution is 6.30. The van der Waals surface area contributed by atoms with Crippen molar-refractivity contribution in [1.82, 2.24) is 5.32 Å². The molecule has 1 unspecified atom stereocenters. The minimum atomic E-state index is 0. The molecule has 1 heterocycles. The lowest BCUT2D eigenvalue weighted by atomic mass is 9.88. The number of ether oxygens (including phenoxy) is 1. The first-order chi connectivity index (χ1) is 11.1. The smallest absolute Gasteiger partial charge is 0.227 e. The molecule has 24 heavy (non-hydrogen) atoms. The Kier molecular flexibility index (Phi) is 6.49. The minimum absolute atomic E-state index is 0. The second-order valence-electron chi connectivity index (χ2n) is 5.78. The summed E-state index contributed by atoms with van der Waals surface area (Å²) in [6.07, 6.45) is 0. The van der Waals surface area contributed by atoms with Gasteiger partial charge < -0.3 is 15.4 Å². The number of amides is 1. The fraction of sp³-hybridized carbons (Fsp3) is 0.278. The number of benzene rings is 2. The Morgan fingerprint density at radius 1 is 1.21 bits per heavy atom. The number of rotatable bonds is 5. The monoisotopic (exact) mass is 366 g/mol. The van der Waals surface area contributed by atoms with Crippen LogP contribution in [0.2, 0.25) is 5.02 Å². The first-order valence-corrected chi connectivity index (χ1v) is 8.05. The Labute approximate surface area is 153 Å². The molecule has 0 aromatic heterocycles. The van der Waals surface area contributed by atoms with Crippen LogP contribution in [0.3, 0.4) is 0 Å².